The number of hydrogen-bond acceptors (Lipinski definition) is 1. The molecule has 1 rings (SSSR count). The Kier molecular flexibility index (Phi) is 9.18. The quantitative estimate of drug-likeness (QED) is 0.639. The summed E-state index contributed by atoms with van der Waals surface area (Å²) in [5.74, 6) is 2.68. The minimum atomic E-state index is 0.868. The van der Waals surface area contributed by atoms with E-state index in [1.54, 1.807) is 0 Å². The molecule has 1 saturated heterocycles. The van der Waals surface area contributed by atoms with Gasteiger partial charge in [-0.2, -0.15) is 0 Å². The van der Waals surface area contributed by atoms with Crippen LogP contribution in [-0.4, -0.2) is 13.1 Å². The third kappa shape index (κ3) is 7.84. The van der Waals surface area contributed by atoms with Crippen LogP contribution in [0, 0.1) is 17.8 Å². The lowest BCUT2D eigenvalue weighted by Gasteiger charge is -2.22. The Bertz CT molecular complexity index is 119. The maximum Gasteiger partial charge on any atom is -0.00230 e. The molecule has 1 heterocycles. The molecule has 15 heavy (non-hydrogen) atoms. The van der Waals surface area contributed by atoms with Crippen molar-refractivity contribution < 1.29 is 0 Å². The van der Waals surface area contributed by atoms with Gasteiger partial charge in [0.2, 0.25) is 0 Å². The van der Waals surface area contributed by atoms with E-state index in [2.05, 4.69) is 26.1 Å². The molecule has 0 aliphatic carbocycles. The first-order chi connectivity index (χ1) is 7.18. The fourth-order valence-corrected chi connectivity index (χ4v) is 2.06. The van der Waals surface area contributed by atoms with Gasteiger partial charge in [0.15, 0.2) is 0 Å². The Labute approximate surface area is 97.0 Å². The maximum atomic E-state index is 3.57. The second-order valence-corrected chi connectivity index (χ2v) is 5.13. The number of rotatable bonds is 0. The normalized spacial score (nSPS) is 33.8. The minimum Gasteiger partial charge on any atom is -0.316 e. The van der Waals surface area contributed by atoms with Crippen molar-refractivity contribution in [2.75, 3.05) is 13.1 Å². The first kappa shape index (κ1) is 15.0. The van der Waals surface area contributed by atoms with Crippen LogP contribution in [0.3, 0.4) is 0 Å². The Morgan fingerprint density at radius 2 is 1.00 bits per heavy atom. The molecule has 1 aliphatic rings. The lowest BCUT2D eigenvalue weighted by atomic mass is 9.90. The predicted octanol–water partition coefficient (Wildman–Crippen LogP) is 4.08. The first-order valence-electron chi connectivity index (χ1n) is 6.89. The summed E-state index contributed by atoms with van der Waals surface area (Å²) < 4.78 is 0. The molecule has 1 heteroatoms. The van der Waals surface area contributed by atoms with Gasteiger partial charge in [-0.25, -0.2) is 0 Å². The zero-order chi connectivity index (χ0) is 11.7. The SMILES string of the molecule is CC.CC1CCC(C)CNCC(C)CC1. The van der Waals surface area contributed by atoms with E-state index in [1.165, 1.54) is 38.8 Å². The first-order valence-corrected chi connectivity index (χ1v) is 6.89. The number of nitrogens with one attached hydrogen (secondary N) is 1. The molecule has 0 amide bonds. The second-order valence-electron chi connectivity index (χ2n) is 5.13. The summed E-state index contributed by atoms with van der Waals surface area (Å²) in [5, 5.41) is 3.57. The summed E-state index contributed by atoms with van der Waals surface area (Å²) >= 11 is 0. The topological polar surface area (TPSA) is 12.0 Å². The molecule has 0 bridgehead atoms. The molecule has 0 aromatic heterocycles. The van der Waals surface area contributed by atoms with Crippen LogP contribution in [0.15, 0.2) is 0 Å². The number of hydrogen-bond donors (Lipinski definition) is 1. The molecule has 0 spiro atoms. The average molecular weight is 213 g/mol. The molecule has 1 aliphatic heterocycles. The van der Waals surface area contributed by atoms with Crippen molar-refractivity contribution in [3.63, 3.8) is 0 Å². The average Bonchev–Trinajstić information content (AvgIpc) is 2.25. The molecular weight excluding hydrogens is 182 g/mol. The van der Waals surface area contributed by atoms with E-state index >= 15 is 0 Å². The van der Waals surface area contributed by atoms with E-state index in [-0.39, 0.29) is 0 Å². The lowest BCUT2D eigenvalue weighted by molar-refractivity contribution is 0.333. The molecule has 0 aromatic carbocycles. The van der Waals surface area contributed by atoms with Gasteiger partial charge in [-0.15, -0.1) is 0 Å². The van der Waals surface area contributed by atoms with Crippen LogP contribution in [0.2, 0.25) is 0 Å². The van der Waals surface area contributed by atoms with Gasteiger partial charge in [-0.1, -0.05) is 47.5 Å². The van der Waals surface area contributed by atoms with E-state index in [0.717, 1.165) is 17.8 Å². The monoisotopic (exact) mass is 213 g/mol. The van der Waals surface area contributed by atoms with Crippen molar-refractivity contribution in [2.45, 2.75) is 60.3 Å². The summed E-state index contributed by atoms with van der Waals surface area (Å²) in [6.45, 7) is 13.6. The molecule has 0 radical (unpaired) electrons. The molecule has 2 atom stereocenters. The molecular formula is C14H31N. The van der Waals surface area contributed by atoms with E-state index in [9.17, 15) is 0 Å². The molecule has 0 aromatic rings. The fraction of sp³-hybridized carbons (Fsp3) is 1.00. The Morgan fingerprint density at radius 3 is 1.40 bits per heavy atom. The predicted molar refractivity (Wildman–Crippen MR) is 70.2 cm³/mol. The largest absolute Gasteiger partial charge is 0.316 e. The van der Waals surface area contributed by atoms with Crippen LogP contribution >= 0.6 is 0 Å². The zero-order valence-corrected chi connectivity index (χ0v) is 11.5. The van der Waals surface area contributed by atoms with Crippen molar-refractivity contribution in [3.8, 4) is 0 Å². The summed E-state index contributed by atoms with van der Waals surface area (Å²) in [6.07, 6.45) is 5.66. The van der Waals surface area contributed by atoms with Gasteiger partial charge in [0.25, 0.3) is 0 Å². The summed E-state index contributed by atoms with van der Waals surface area (Å²) in [4.78, 5) is 0. The molecule has 0 saturated carbocycles. The fourth-order valence-electron chi connectivity index (χ4n) is 2.06. The molecule has 1 N–H and O–H groups in total. The molecule has 92 valence electrons. The zero-order valence-electron chi connectivity index (χ0n) is 11.5. The Morgan fingerprint density at radius 1 is 0.667 bits per heavy atom. The van der Waals surface area contributed by atoms with Crippen molar-refractivity contribution >= 4 is 0 Å². The smallest absolute Gasteiger partial charge is 0.00230 e. The van der Waals surface area contributed by atoms with Gasteiger partial charge in [0, 0.05) is 0 Å². The molecule has 1 fully saturated rings. The minimum absolute atomic E-state index is 0.868. The van der Waals surface area contributed by atoms with Crippen molar-refractivity contribution in [3.05, 3.63) is 0 Å². The van der Waals surface area contributed by atoms with Crippen molar-refractivity contribution in [1.82, 2.24) is 5.32 Å². The van der Waals surface area contributed by atoms with Crippen LogP contribution in [-0.2, 0) is 0 Å². The molecule has 2 unspecified atom stereocenters. The Hall–Kier alpha value is -0.0400. The van der Waals surface area contributed by atoms with Crippen LogP contribution < -0.4 is 5.32 Å². The van der Waals surface area contributed by atoms with Gasteiger partial charge in [0.05, 0.1) is 0 Å². The second kappa shape index (κ2) is 9.21. The lowest BCUT2D eigenvalue weighted by Crippen LogP contribution is -2.27. The van der Waals surface area contributed by atoms with Crippen LogP contribution in [0.4, 0.5) is 0 Å². The van der Waals surface area contributed by atoms with Crippen molar-refractivity contribution in [2.24, 2.45) is 17.8 Å². The highest BCUT2D eigenvalue weighted by Gasteiger charge is 2.11. The Balaban J connectivity index is 0.000000921. The van der Waals surface area contributed by atoms with Crippen LogP contribution in [0.1, 0.15) is 60.3 Å². The molecule has 1 nitrogen and oxygen atoms in total. The summed E-state index contributed by atoms with van der Waals surface area (Å²) in [6, 6.07) is 0. The van der Waals surface area contributed by atoms with E-state index in [1.807, 2.05) is 13.8 Å². The summed E-state index contributed by atoms with van der Waals surface area (Å²) in [7, 11) is 0. The van der Waals surface area contributed by atoms with Gasteiger partial charge in [-0.05, 0) is 43.7 Å². The van der Waals surface area contributed by atoms with Crippen molar-refractivity contribution in [1.29, 1.82) is 0 Å². The van der Waals surface area contributed by atoms with Gasteiger partial charge >= 0.3 is 0 Å². The van der Waals surface area contributed by atoms with E-state index in [4.69, 9.17) is 0 Å². The van der Waals surface area contributed by atoms with Gasteiger partial charge in [0.1, 0.15) is 0 Å². The van der Waals surface area contributed by atoms with Crippen LogP contribution in [0.5, 0.6) is 0 Å². The van der Waals surface area contributed by atoms with E-state index < -0.39 is 0 Å². The van der Waals surface area contributed by atoms with E-state index in [0.29, 0.717) is 0 Å². The summed E-state index contributed by atoms with van der Waals surface area (Å²) in [5.41, 5.74) is 0. The highest BCUT2D eigenvalue weighted by Crippen LogP contribution is 2.20. The third-order valence-electron chi connectivity index (χ3n) is 3.29. The van der Waals surface area contributed by atoms with Gasteiger partial charge < -0.3 is 5.32 Å². The third-order valence-corrected chi connectivity index (χ3v) is 3.29. The van der Waals surface area contributed by atoms with Crippen LogP contribution in [0.25, 0.3) is 0 Å². The highest BCUT2D eigenvalue weighted by molar-refractivity contribution is 4.67. The highest BCUT2D eigenvalue weighted by atomic mass is 14.9. The van der Waals surface area contributed by atoms with Gasteiger partial charge in [-0.3, -0.25) is 0 Å². The standard InChI is InChI=1S/C12H25N.C2H6/c1-10-4-6-11(2)8-13-9-12(3)7-5-10;1-2/h10-13H,4-9H2,1-3H3;1-2H3. The maximum absolute atomic E-state index is 3.57.